The van der Waals surface area contributed by atoms with Gasteiger partial charge in [-0.3, -0.25) is 0 Å². The fraction of sp³-hybridized carbons (Fsp3) is 0.438. The van der Waals surface area contributed by atoms with Gasteiger partial charge in [-0.15, -0.1) is 0 Å². The van der Waals surface area contributed by atoms with E-state index in [-0.39, 0.29) is 11.6 Å². The highest BCUT2D eigenvalue weighted by molar-refractivity contribution is 5.79. The second-order valence-electron chi connectivity index (χ2n) is 5.22. The van der Waals surface area contributed by atoms with Gasteiger partial charge in [0.2, 0.25) is 5.89 Å². The number of hydrogen-bond donors (Lipinski definition) is 1. The van der Waals surface area contributed by atoms with E-state index >= 15 is 0 Å². The highest BCUT2D eigenvalue weighted by Gasteiger charge is 2.10. The lowest BCUT2D eigenvalue weighted by Gasteiger charge is -2.22. The number of halogens is 1. The molecule has 0 bridgehead atoms. The van der Waals surface area contributed by atoms with E-state index < -0.39 is 0 Å². The fourth-order valence-corrected chi connectivity index (χ4v) is 2.18. The Morgan fingerprint density at radius 3 is 2.83 bits per heavy atom. The highest BCUT2D eigenvalue weighted by Crippen LogP contribution is 2.18. The fourth-order valence-electron chi connectivity index (χ4n) is 2.18. The van der Waals surface area contributed by atoms with E-state index in [1.54, 1.807) is 13.0 Å². The highest BCUT2D eigenvalue weighted by atomic mass is 19.1. The molecule has 0 aliphatic carbocycles. The van der Waals surface area contributed by atoms with Gasteiger partial charge in [-0.1, -0.05) is 11.2 Å². The van der Waals surface area contributed by atoms with Crippen LogP contribution in [-0.4, -0.2) is 41.7 Å². The quantitative estimate of drug-likeness (QED) is 0.644. The molecule has 0 aliphatic heterocycles. The number of ether oxygens (including phenoxy) is 1. The van der Waals surface area contributed by atoms with Crippen molar-refractivity contribution in [2.75, 3.05) is 20.7 Å². The third-order valence-electron chi connectivity index (χ3n) is 3.27. The maximum absolute atomic E-state index is 13.8. The predicted octanol–water partition coefficient (Wildman–Crippen LogP) is 2.12. The van der Waals surface area contributed by atoms with Crippen molar-refractivity contribution in [3.63, 3.8) is 0 Å². The molecule has 130 valence electrons. The van der Waals surface area contributed by atoms with Crippen molar-refractivity contribution in [3.8, 4) is 5.75 Å². The number of benzene rings is 1. The molecule has 2 aromatic rings. The van der Waals surface area contributed by atoms with Crippen molar-refractivity contribution in [2.24, 2.45) is 4.99 Å². The SMILES string of the molecule is CCNC(=NCc1noc(C)n1)N(C)Cc1ccc(OC)c(F)c1. The first-order chi connectivity index (χ1) is 11.5. The molecule has 0 atom stereocenters. The molecule has 1 heterocycles. The summed E-state index contributed by atoms with van der Waals surface area (Å²) in [5.74, 6) is 1.55. The van der Waals surface area contributed by atoms with Gasteiger partial charge < -0.3 is 19.5 Å². The maximum Gasteiger partial charge on any atom is 0.223 e. The number of rotatable bonds is 6. The Hall–Kier alpha value is -2.64. The van der Waals surface area contributed by atoms with Crippen molar-refractivity contribution in [3.05, 3.63) is 41.3 Å². The maximum atomic E-state index is 13.8. The van der Waals surface area contributed by atoms with Gasteiger partial charge in [-0.05, 0) is 24.6 Å². The lowest BCUT2D eigenvalue weighted by molar-refractivity contribution is 0.385. The van der Waals surface area contributed by atoms with E-state index in [2.05, 4.69) is 20.4 Å². The number of nitrogens with zero attached hydrogens (tertiary/aromatic N) is 4. The normalized spacial score (nSPS) is 11.5. The number of methoxy groups -OCH3 is 1. The van der Waals surface area contributed by atoms with Gasteiger partial charge in [0.15, 0.2) is 23.4 Å². The summed E-state index contributed by atoms with van der Waals surface area (Å²) in [5.41, 5.74) is 0.816. The molecule has 0 fully saturated rings. The molecule has 24 heavy (non-hydrogen) atoms. The third kappa shape index (κ3) is 4.68. The molecule has 0 radical (unpaired) electrons. The van der Waals surface area contributed by atoms with Gasteiger partial charge in [-0.2, -0.15) is 4.98 Å². The number of aryl methyl sites for hydroxylation is 1. The zero-order valence-electron chi connectivity index (χ0n) is 14.3. The zero-order chi connectivity index (χ0) is 17.5. The minimum Gasteiger partial charge on any atom is -0.494 e. The van der Waals surface area contributed by atoms with Gasteiger partial charge in [-0.25, -0.2) is 9.38 Å². The van der Waals surface area contributed by atoms with Crippen molar-refractivity contribution in [1.29, 1.82) is 0 Å². The van der Waals surface area contributed by atoms with Crippen LogP contribution >= 0.6 is 0 Å². The van der Waals surface area contributed by atoms with E-state index in [0.29, 0.717) is 37.3 Å². The molecule has 1 N–H and O–H groups in total. The topological polar surface area (TPSA) is 75.8 Å². The number of aliphatic imine (C=N–C) groups is 1. The van der Waals surface area contributed by atoms with Crippen molar-refractivity contribution in [2.45, 2.75) is 26.9 Å². The van der Waals surface area contributed by atoms with Crippen LogP contribution in [0.3, 0.4) is 0 Å². The largest absolute Gasteiger partial charge is 0.494 e. The first-order valence-corrected chi connectivity index (χ1v) is 7.64. The summed E-state index contributed by atoms with van der Waals surface area (Å²) in [5, 5.41) is 7.01. The standard InChI is InChI=1S/C16H22FN5O2/c1-5-18-16(19-9-15-20-11(2)24-21-15)22(3)10-12-6-7-14(23-4)13(17)8-12/h6-8H,5,9-10H2,1-4H3,(H,18,19). The lowest BCUT2D eigenvalue weighted by Crippen LogP contribution is -2.38. The van der Waals surface area contributed by atoms with Crippen LogP contribution in [0.15, 0.2) is 27.7 Å². The minimum atomic E-state index is -0.382. The molecule has 0 spiro atoms. The molecule has 0 amide bonds. The van der Waals surface area contributed by atoms with Crippen LogP contribution < -0.4 is 10.1 Å². The lowest BCUT2D eigenvalue weighted by atomic mass is 10.2. The van der Waals surface area contributed by atoms with Crippen LogP contribution in [0.1, 0.15) is 24.2 Å². The van der Waals surface area contributed by atoms with Gasteiger partial charge in [0.25, 0.3) is 0 Å². The average Bonchev–Trinajstić information content (AvgIpc) is 2.97. The number of guanidine groups is 1. The Labute approximate surface area is 140 Å². The molecule has 1 aromatic carbocycles. The summed E-state index contributed by atoms with van der Waals surface area (Å²) < 4.78 is 23.7. The Morgan fingerprint density at radius 2 is 2.25 bits per heavy atom. The Kier molecular flexibility index (Phi) is 6.11. The van der Waals surface area contributed by atoms with E-state index in [9.17, 15) is 4.39 Å². The van der Waals surface area contributed by atoms with Crippen LogP contribution in [0.25, 0.3) is 0 Å². The van der Waals surface area contributed by atoms with Crippen LogP contribution in [0.2, 0.25) is 0 Å². The van der Waals surface area contributed by atoms with E-state index in [1.165, 1.54) is 13.2 Å². The predicted molar refractivity (Wildman–Crippen MR) is 88.3 cm³/mol. The Morgan fingerprint density at radius 1 is 1.46 bits per heavy atom. The second kappa shape index (κ2) is 8.28. The summed E-state index contributed by atoms with van der Waals surface area (Å²) in [6.45, 7) is 5.23. The summed E-state index contributed by atoms with van der Waals surface area (Å²) in [6.07, 6.45) is 0. The molecule has 0 unspecified atom stereocenters. The summed E-state index contributed by atoms with van der Waals surface area (Å²) in [6, 6.07) is 4.90. The summed E-state index contributed by atoms with van der Waals surface area (Å²) in [7, 11) is 3.32. The van der Waals surface area contributed by atoms with Crippen LogP contribution in [0.5, 0.6) is 5.75 Å². The van der Waals surface area contributed by atoms with Gasteiger partial charge in [0.1, 0.15) is 6.54 Å². The monoisotopic (exact) mass is 335 g/mol. The number of hydrogen-bond acceptors (Lipinski definition) is 5. The van der Waals surface area contributed by atoms with Crippen molar-refractivity contribution < 1.29 is 13.7 Å². The van der Waals surface area contributed by atoms with Gasteiger partial charge in [0.05, 0.1) is 7.11 Å². The van der Waals surface area contributed by atoms with Gasteiger partial charge in [0, 0.05) is 27.1 Å². The third-order valence-corrected chi connectivity index (χ3v) is 3.27. The van der Waals surface area contributed by atoms with Crippen molar-refractivity contribution >= 4 is 5.96 Å². The zero-order valence-corrected chi connectivity index (χ0v) is 14.3. The summed E-state index contributed by atoms with van der Waals surface area (Å²) >= 11 is 0. The van der Waals surface area contributed by atoms with Crippen LogP contribution in [0, 0.1) is 12.7 Å². The summed E-state index contributed by atoms with van der Waals surface area (Å²) in [4.78, 5) is 10.5. The Balaban J connectivity index is 2.07. The van der Waals surface area contributed by atoms with Gasteiger partial charge >= 0.3 is 0 Å². The molecule has 8 heteroatoms. The molecule has 0 aliphatic rings. The Bertz CT molecular complexity index is 702. The average molecular weight is 335 g/mol. The van der Waals surface area contributed by atoms with Crippen LogP contribution in [-0.2, 0) is 13.1 Å². The van der Waals surface area contributed by atoms with Crippen molar-refractivity contribution in [1.82, 2.24) is 20.4 Å². The number of aromatic nitrogens is 2. The van der Waals surface area contributed by atoms with E-state index in [0.717, 1.165) is 5.56 Å². The smallest absolute Gasteiger partial charge is 0.223 e. The van der Waals surface area contributed by atoms with E-state index in [1.807, 2.05) is 24.9 Å². The van der Waals surface area contributed by atoms with E-state index in [4.69, 9.17) is 9.26 Å². The molecule has 7 nitrogen and oxygen atoms in total. The molecule has 1 aromatic heterocycles. The molecule has 0 saturated carbocycles. The van der Waals surface area contributed by atoms with Crippen LogP contribution in [0.4, 0.5) is 4.39 Å². The molecular formula is C16H22FN5O2. The molecule has 2 rings (SSSR count). The molecular weight excluding hydrogens is 313 g/mol. The molecule has 0 saturated heterocycles. The minimum absolute atomic E-state index is 0.231. The first kappa shape index (κ1) is 17.7. The second-order valence-corrected chi connectivity index (χ2v) is 5.22. The first-order valence-electron chi connectivity index (χ1n) is 7.64. The number of nitrogens with one attached hydrogen (secondary N) is 1.